The lowest BCUT2D eigenvalue weighted by molar-refractivity contribution is -0.0139. The zero-order chi connectivity index (χ0) is 26.4. The molecule has 0 bridgehead atoms. The molecule has 0 amide bonds. The first-order valence-corrected chi connectivity index (χ1v) is 12.3. The first-order chi connectivity index (χ1) is 18.5. The summed E-state index contributed by atoms with van der Waals surface area (Å²) >= 11 is 0. The number of carbonyl (C=O) groups excluding carboxylic acids is 2. The summed E-state index contributed by atoms with van der Waals surface area (Å²) < 4.78 is 19.2. The van der Waals surface area contributed by atoms with Crippen molar-refractivity contribution >= 4 is 22.5 Å². The molecule has 38 heavy (non-hydrogen) atoms. The van der Waals surface area contributed by atoms with E-state index in [0.29, 0.717) is 71.0 Å². The van der Waals surface area contributed by atoms with Crippen molar-refractivity contribution < 1.29 is 23.8 Å². The lowest BCUT2D eigenvalue weighted by Gasteiger charge is -2.45. The van der Waals surface area contributed by atoms with E-state index in [1.165, 1.54) is 11.8 Å². The van der Waals surface area contributed by atoms with E-state index in [0.717, 1.165) is 0 Å². The fraction of sp³-hybridized carbons (Fsp3) is 0.333. The molecule has 11 heteroatoms. The van der Waals surface area contributed by atoms with E-state index in [-0.39, 0.29) is 11.5 Å². The predicted octanol–water partition coefficient (Wildman–Crippen LogP) is 2.64. The summed E-state index contributed by atoms with van der Waals surface area (Å²) in [5.74, 6) is 0.109. The van der Waals surface area contributed by atoms with Gasteiger partial charge in [-0.05, 0) is 53.8 Å². The molecule has 2 aromatic heterocycles. The summed E-state index contributed by atoms with van der Waals surface area (Å²) in [6.45, 7) is 1.24. The van der Waals surface area contributed by atoms with Crippen LogP contribution in [0.3, 0.4) is 0 Å². The SMILES string of the molecule is COc1cc(C(=O)[C@H]2C(=O)c3cc(-c4nnnn4C)ccc3OC23CCNCC3)nc2c(OC)cccc12. The number of aromatic nitrogens is 5. The first-order valence-electron chi connectivity index (χ1n) is 12.3. The average Bonchev–Trinajstić information content (AvgIpc) is 3.38. The van der Waals surface area contributed by atoms with Gasteiger partial charge in [0.25, 0.3) is 0 Å². The van der Waals surface area contributed by atoms with Crippen LogP contribution in [-0.4, -0.2) is 69.7 Å². The third-order valence-corrected chi connectivity index (χ3v) is 7.39. The quantitative estimate of drug-likeness (QED) is 0.313. The molecule has 2 aliphatic heterocycles. The predicted molar refractivity (Wildman–Crippen MR) is 137 cm³/mol. The first kappa shape index (κ1) is 24.0. The summed E-state index contributed by atoms with van der Waals surface area (Å²) in [6.07, 6.45) is 0.995. The van der Waals surface area contributed by atoms with E-state index >= 15 is 0 Å². The van der Waals surface area contributed by atoms with E-state index in [9.17, 15) is 9.59 Å². The van der Waals surface area contributed by atoms with Crippen LogP contribution in [0, 0.1) is 5.92 Å². The standard InChI is InChI=1S/C27H26N6O5/c1-33-26(30-31-32-33)15-7-8-19-17(13-15)24(34)22(27(38-19)9-11-28-12-10-27)25(35)18-14-21(37-3)16-5-4-6-20(36-2)23(16)29-18/h4-8,13-14,22,28H,9-12H2,1-3H3/t22-/m1/s1. The number of para-hydroxylation sites is 1. The molecule has 4 aromatic rings. The molecule has 6 rings (SSSR count). The number of fused-ring (bicyclic) bond motifs is 2. The summed E-state index contributed by atoms with van der Waals surface area (Å²) in [7, 11) is 4.79. The van der Waals surface area contributed by atoms with Gasteiger partial charge in [0.2, 0.25) is 0 Å². The van der Waals surface area contributed by atoms with Crippen LogP contribution in [0.25, 0.3) is 22.3 Å². The van der Waals surface area contributed by atoms with Crippen molar-refractivity contribution in [2.24, 2.45) is 13.0 Å². The number of ether oxygens (including phenoxy) is 3. The molecule has 1 spiro atoms. The number of hydrogen-bond donors (Lipinski definition) is 1. The maximum absolute atomic E-state index is 14.3. The van der Waals surface area contributed by atoms with Crippen LogP contribution in [-0.2, 0) is 7.05 Å². The van der Waals surface area contributed by atoms with Crippen LogP contribution in [0.15, 0.2) is 42.5 Å². The number of carbonyl (C=O) groups is 2. The minimum absolute atomic E-state index is 0.121. The summed E-state index contributed by atoms with van der Waals surface area (Å²) in [5.41, 5.74) is 0.578. The Bertz CT molecular complexity index is 1580. The van der Waals surface area contributed by atoms with Crippen molar-refractivity contribution in [2.45, 2.75) is 18.4 Å². The lowest BCUT2D eigenvalue weighted by atomic mass is 9.71. The Hall–Kier alpha value is -4.38. The molecule has 1 atom stereocenters. The maximum Gasteiger partial charge on any atom is 0.196 e. The highest BCUT2D eigenvalue weighted by Gasteiger charge is 2.54. The number of benzene rings is 2. The molecule has 194 valence electrons. The van der Waals surface area contributed by atoms with Gasteiger partial charge in [-0.25, -0.2) is 9.67 Å². The van der Waals surface area contributed by atoms with Gasteiger partial charge in [-0.15, -0.1) is 5.10 Å². The molecule has 1 fully saturated rings. The topological polar surface area (TPSA) is 130 Å². The Morgan fingerprint density at radius 2 is 1.89 bits per heavy atom. The summed E-state index contributed by atoms with van der Waals surface area (Å²) in [4.78, 5) is 33.1. The lowest BCUT2D eigenvalue weighted by Crippen LogP contribution is -2.58. The number of Topliss-reactive ketones (excluding diaryl/α,β-unsaturated/α-hetero) is 2. The Labute approximate surface area is 218 Å². The highest BCUT2D eigenvalue weighted by atomic mass is 16.5. The molecule has 2 aromatic carbocycles. The molecule has 0 saturated carbocycles. The molecule has 0 aliphatic carbocycles. The zero-order valence-corrected chi connectivity index (χ0v) is 21.2. The number of methoxy groups -OCH3 is 2. The number of hydrogen-bond acceptors (Lipinski definition) is 10. The molecule has 1 saturated heterocycles. The van der Waals surface area contributed by atoms with Crippen molar-refractivity contribution in [1.29, 1.82) is 0 Å². The highest BCUT2D eigenvalue weighted by Crippen LogP contribution is 2.45. The number of rotatable bonds is 5. The van der Waals surface area contributed by atoms with Crippen molar-refractivity contribution in [3.05, 3.63) is 53.7 Å². The fourth-order valence-corrected chi connectivity index (χ4v) is 5.49. The van der Waals surface area contributed by atoms with E-state index < -0.39 is 17.3 Å². The van der Waals surface area contributed by atoms with Crippen molar-refractivity contribution in [2.75, 3.05) is 27.3 Å². The van der Waals surface area contributed by atoms with Crippen LogP contribution < -0.4 is 19.5 Å². The molecule has 2 aliphatic rings. The zero-order valence-electron chi connectivity index (χ0n) is 21.2. The van der Waals surface area contributed by atoms with Crippen LogP contribution in [0.1, 0.15) is 33.7 Å². The largest absolute Gasteiger partial charge is 0.496 e. The van der Waals surface area contributed by atoms with Gasteiger partial charge >= 0.3 is 0 Å². The molecule has 11 nitrogen and oxygen atoms in total. The number of aryl methyl sites for hydroxylation is 1. The second-order valence-electron chi connectivity index (χ2n) is 9.48. The molecule has 1 N–H and O–H groups in total. The van der Waals surface area contributed by atoms with Gasteiger partial charge < -0.3 is 19.5 Å². The summed E-state index contributed by atoms with van der Waals surface area (Å²) in [6, 6.07) is 12.3. The van der Waals surface area contributed by atoms with Crippen LogP contribution >= 0.6 is 0 Å². The molecule has 0 radical (unpaired) electrons. The van der Waals surface area contributed by atoms with Gasteiger partial charge in [0, 0.05) is 36.9 Å². The van der Waals surface area contributed by atoms with Gasteiger partial charge in [-0.2, -0.15) is 0 Å². The van der Waals surface area contributed by atoms with Gasteiger partial charge in [0.05, 0.1) is 19.8 Å². The van der Waals surface area contributed by atoms with E-state index in [4.69, 9.17) is 14.2 Å². The third-order valence-electron chi connectivity index (χ3n) is 7.39. The Morgan fingerprint density at radius 1 is 1.11 bits per heavy atom. The smallest absolute Gasteiger partial charge is 0.196 e. The maximum atomic E-state index is 14.3. The monoisotopic (exact) mass is 514 g/mol. The Balaban J connectivity index is 1.49. The van der Waals surface area contributed by atoms with Crippen molar-refractivity contribution in [1.82, 2.24) is 30.5 Å². The fourth-order valence-electron chi connectivity index (χ4n) is 5.49. The minimum Gasteiger partial charge on any atom is -0.496 e. The van der Waals surface area contributed by atoms with Crippen LogP contribution in [0.4, 0.5) is 0 Å². The van der Waals surface area contributed by atoms with Gasteiger partial charge in [-0.1, -0.05) is 6.07 Å². The number of piperidine rings is 1. The number of pyridine rings is 1. The molecule has 0 unspecified atom stereocenters. The molecule has 4 heterocycles. The normalized spacial score (nSPS) is 18.2. The van der Waals surface area contributed by atoms with Crippen LogP contribution in [0.2, 0.25) is 0 Å². The number of tetrazole rings is 1. The minimum atomic E-state index is -1.09. The highest BCUT2D eigenvalue weighted by molar-refractivity contribution is 6.19. The number of nitrogens with zero attached hydrogens (tertiary/aromatic N) is 5. The number of nitrogens with one attached hydrogen (secondary N) is 1. The summed E-state index contributed by atoms with van der Waals surface area (Å²) in [5, 5.41) is 15.6. The van der Waals surface area contributed by atoms with Crippen molar-refractivity contribution in [3.63, 3.8) is 0 Å². The van der Waals surface area contributed by atoms with Gasteiger partial charge in [-0.3, -0.25) is 9.59 Å². The molecular formula is C27H26N6O5. The van der Waals surface area contributed by atoms with E-state index in [1.54, 1.807) is 38.4 Å². The second kappa shape index (κ2) is 9.18. The Kier molecular flexibility index (Phi) is 5.79. The van der Waals surface area contributed by atoms with E-state index in [2.05, 4.69) is 25.8 Å². The molecular weight excluding hydrogens is 488 g/mol. The second-order valence-corrected chi connectivity index (χ2v) is 9.48. The Morgan fingerprint density at radius 3 is 2.61 bits per heavy atom. The van der Waals surface area contributed by atoms with Gasteiger partial charge in [0.15, 0.2) is 17.4 Å². The third kappa shape index (κ3) is 3.69. The van der Waals surface area contributed by atoms with Crippen LogP contribution in [0.5, 0.6) is 17.2 Å². The van der Waals surface area contributed by atoms with Gasteiger partial charge in [0.1, 0.15) is 40.0 Å². The number of ketones is 2. The van der Waals surface area contributed by atoms with E-state index in [1.807, 2.05) is 18.2 Å². The van der Waals surface area contributed by atoms with Crippen molar-refractivity contribution in [3.8, 4) is 28.6 Å². The average molecular weight is 515 g/mol.